The van der Waals surface area contributed by atoms with E-state index < -0.39 is 22.0 Å². The molecule has 0 aliphatic heterocycles. The minimum Gasteiger partial charge on any atom is -0.343 e. The number of hydrogen-bond acceptors (Lipinski definition) is 5. The number of primary sulfonamides is 1. The van der Waals surface area contributed by atoms with Crippen LogP contribution < -0.4 is 10.5 Å². The number of benzene rings is 2. The number of aromatic nitrogens is 3. The second kappa shape index (κ2) is 7.49. The van der Waals surface area contributed by atoms with E-state index in [0.29, 0.717) is 17.1 Å². The van der Waals surface area contributed by atoms with Gasteiger partial charge >= 0.3 is 0 Å². The van der Waals surface area contributed by atoms with Gasteiger partial charge in [0, 0.05) is 0 Å². The summed E-state index contributed by atoms with van der Waals surface area (Å²) >= 11 is 0. The lowest BCUT2D eigenvalue weighted by Gasteiger charge is -2.13. The summed E-state index contributed by atoms with van der Waals surface area (Å²) in [6, 6.07) is 11.1. The lowest BCUT2D eigenvalue weighted by molar-refractivity contribution is 0.0929. The van der Waals surface area contributed by atoms with E-state index in [1.54, 1.807) is 26.0 Å². The summed E-state index contributed by atoms with van der Waals surface area (Å²) in [5.74, 6) is -0.425. The molecule has 0 bridgehead atoms. The van der Waals surface area contributed by atoms with E-state index in [1.165, 1.54) is 41.1 Å². The maximum atomic E-state index is 13.1. The third-order valence-corrected chi connectivity index (χ3v) is 5.03. The van der Waals surface area contributed by atoms with Crippen LogP contribution in [0, 0.1) is 12.7 Å². The van der Waals surface area contributed by atoms with Crippen molar-refractivity contribution in [1.29, 1.82) is 0 Å². The molecule has 28 heavy (non-hydrogen) atoms. The zero-order valence-electron chi connectivity index (χ0n) is 15.1. The molecule has 0 spiro atoms. The number of carbonyl (C=O) groups is 1. The first-order valence-corrected chi connectivity index (χ1v) is 9.83. The van der Waals surface area contributed by atoms with Gasteiger partial charge < -0.3 is 5.32 Å². The van der Waals surface area contributed by atoms with Gasteiger partial charge in [0.25, 0.3) is 5.91 Å². The lowest BCUT2D eigenvalue weighted by Crippen LogP contribution is -2.27. The van der Waals surface area contributed by atoms with Gasteiger partial charge in [0.15, 0.2) is 0 Å². The topological polar surface area (TPSA) is 120 Å². The molecule has 0 aliphatic carbocycles. The lowest BCUT2D eigenvalue weighted by atomic mass is 10.1. The third-order valence-electron chi connectivity index (χ3n) is 4.10. The zero-order chi connectivity index (χ0) is 20.5. The Morgan fingerprint density at radius 3 is 2.32 bits per heavy atom. The van der Waals surface area contributed by atoms with E-state index in [2.05, 4.69) is 15.4 Å². The van der Waals surface area contributed by atoms with Crippen LogP contribution in [0.2, 0.25) is 0 Å². The van der Waals surface area contributed by atoms with Gasteiger partial charge in [0.1, 0.15) is 11.6 Å². The number of rotatable bonds is 5. The molecule has 1 atom stereocenters. The van der Waals surface area contributed by atoms with Crippen molar-refractivity contribution < 1.29 is 17.6 Å². The zero-order valence-corrected chi connectivity index (χ0v) is 15.9. The Balaban J connectivity index is 1.76. The Labute approximate surface area is 161 Å². The van der Waals surface area contributed by atoms with E-state index >= 15 is 0 Å². The van der Waals surface area contributed by atoms with Crippen LogP contribution in [0.25, 0.3) is 5.69 Å². The van der Waals surface area contributed by atoms with Crippen molar-refractivity contribution in [1.82, 2.24) is 20.1 Å². The number of halogens is 1. The fraction of sp³-hybridized carbons (Fsp3) is 0.167. The van der Waals surface area contributed by atoms with Gasteiger partial charge in [-0.15, -0.1) is 5.10 Å². The number of carbonyl (C=O) groups excluding carboxylic acids is 1. The van der Waals surface area contributed by atoms with Crippen LogP contribution in [0.5, 0.6) is 0 Å². The van der Waals surface area contributed by atoms with Crippen LogP contribution in [0.1, 0.15) is 35.0 Å². The maximum absolute atomic E-state index is 13.1. The highest BCUT2D eigenvalue weighted by molar-refractivity contribution is 7.89. The van der Waals surface area contributed by atoms with Gasteiger partial charge in [-0.25, -0.2) is 27.6 Å². The van der Waals surface area contributed by atoms with Crippen LogP contribution in [0.3, 0.4) is 0 Å². The van der Waals surface area contributed by atoms with Crippen LogP contribution >= 0.6 is 0 Å². The van der Waals surface area contributed by atoms with E-state index in [-0.39, 0.29) is 16.5 Å². The number of nitrogens with one attached hydrogen (secondary N) is 1. The van der Waals surface area contributed by atoms with Crippen molar-refractivity contribution in [3.63, 3.8) is 0 Å². The molecule has 0 radical (unpaired) electrons. The van der Waals surface area contributed by atoms with Crippen molar-refractivity contribution in [3.8, 4) is 5.69 Å². The Bertz CT molecular complexity index is 1110. The SMILES string of the molecule is Cc1nc(C(=O)NC(C)c2ccc(S(N)(=O)=O)cc2)nn1-c1ccc(F)cc1. The molecule has 3 aromatic rings. The largest absolute Gasteiger partial charge is 0.343 e. The molecule has 0 saturated carbocycles. The summed E-state index contributed by atoms with van der Waals surface area (Å²) in [6.45, 7) is 3.43. The molecule has 146 valence electrons. The highest BCUT2D eigenvalue weighted by Gasteiger charge is 2.18. The summed E-state index contributed by atoms with van der Waals surface area (Å²) in [5, 5.41) is 12.0. The summed E-state index contributed by atoms with van der Waals surface area (Å²) < 4.78 is 37.2. The molecule has 2 aromatic carbocycles. The second-order valence-electron chi connectivity index (χ2n) is 6.18. The Kier molecular flexibility index (Phi) is 5.25. The van der Waals surface area contributed by atoms with E-state index in [1.807, 2.05) is 0 Å². The molecule has 3 rings (SSSR count). The maximum Gasteiger partial charge on any atom is 0.291 e. The molecule has 8 nitrogen and oxygen atoms in total. The van der Waals surface area contributed by atoms with Crippen LogP contribution in [0.15, 0.2) is 53.4 Å². The molecule has 1 aromatic heterocycles. The number of amides is 1. The minimum atomic E-state index is -3.78. The van der Waals surface area contributed by atoms with Crippen LogP contribution in [-0.2, 0) is 10.0 Å². The number of hydrogen-bond donors (Lipinski definition) is 2. The summed E-state index contributed by atoms with van der Waals surface area (Å²) in [5.41, 5.74) is 1.27. The fourth-order valence-corrected chi connectivity index (χ4v) is 3.12. The smallest absolute Gasteiger partial charge is 0.291 e. The molecule has 3 N–H and O–H groups in total. The minimum absolute atomic E-state index is 0.00916. The molecule has 1 amide bonds. The standard InChI is InChI=1S/C18H18FN5O3S/c1-11(13-3-9-16(10-4-13)28(20,26)27)21-18(25)17-22-12(2)24(23-17)15-7-5-14(19)6-8-15/h3-11H,1-2H3,(H,21,25)(H2,20,26,27). The Hall–Kier alpha value is -3.11. The monoisotopic (exact) mass is 403 g/mol. The average molecular weight is 403 g/mol. The molecule has 1 heterocycles. The predicted molar refractivity (Wildman–Crippen MR) is 99.8 cm³/mol. The molecular formula is C18H18FN5O3S. The molecular weight excluding hydrogens is 385 g/mol. The summed E-state index contributed by atoms with van der Waals surface area (Å²) in [7, 11) is -3.78. The number of nitrogens with zero attached hydrogens (tertiary/aromatic N) is 3. The summed E-state index contributed by atoms with van der Waals surface area (Å²) in [6.07, 6.45) is 0. The molecule has 0 fully saturated rings. The van der Waals surface area contributed by atoms with Crippen molar-refractivity contribution in [2.24, 2.45) is 5.14 Å². The van der Waals surface area contributed by atoms with Crippen molar-refractivity contribution in [2.75, 3.05) is 0 Å². The highest BCUT2D eigenvalue weighted by Crippen LogP contribution is 2.16. The van der Waals surface area contributed by atoms with Crippen molar-refractivity contribution >= 4 is 15.9 Å². The van der Waals surface area contributed by atoms with Gasteiger partial charge in [-0.2, -0.15) is 0 Å². The Morgan fingerprint density at radius 1 is 1.14 bits per heavy atom. The molecule has 1 unspecified atom stereocenters. The first kappa shape index (κ1) is 19.6. The normalized spacial score (nSPS) is 12.6. The quantitative estimate of drug-likeness (QED) is 0.674. The summed E-state index contributed by atoms with van der Waals surface area (Å²) in [4.78, 5) is 16.6. The first-order chi connectivity index (χ1) is 13.1. The van der Waals surface area contributed by atoms with Crippen molar-refractivity contribution in [2.45, 2.75) is 24.8 Å². The van der Waals surface area contributed by atoms with Crippen LogP contribution in [0.4, 0.5) is 4.39 Å². The van der Waals surface area contributed by atoms with Crippen molar-refractivity contribution in [3.05, 3.63) is 71.6 Å². The number of aryl methyl sites for hydroxylation is 1. The van der Waals surface area contributed by atoms with Crippen LogP contribution in [-0.4, -0.2) is 29.1 Å². The average Bonchev–Trinajstić information content (AvgIpc) is 3.03. The van der Waals surface area contributed by atoms with E-state index in [9.17, 15) is 17.6 Å². The van der Waals surface area contributed by atoms with Gasteiger partial charge in [0.2, 0.25) is 15.8 Å². The number of sulfonamides is 1. The third kappa shape index (κ3) is 4.24. The predicted octanol–water partition coefficient (Wildman–Crippen LogP) is 1.85. The van der Waals surface area contributed by atoms with Gasteiger partial charge in [-0.1, -0.05) is 12.1 Å². The van der Waals surface area contributed by atoms with Gasteiger partial charge in [-0.05, 0) is 55.8 Å². The highest BCUT2D eigenvalue weighted by atomic mass is 32.2. The number of nitrogens with two attached hydrogens (primary N) is 1. The van der Waals surface area contributed by atoms with Gasteiger partial charge in [-0.3, -0.25) is 4.79 Å². The Morgan fingerprint density at radius 2 is 1.75 bits per heavy atom. The van der Waals surface area contributed by atoms with E-state index in [0.717, 1.165) is 0 Å². The van der Waals surface area contributed by atoms with Gasteiger partial charge in [0.05, 0.1) is 16.6 Å². The molecule has 10 heteroatoms. The molecule has 0 saturated heterocycles. The first-order valence-electron chi connectivity index (χ1n) is 8.28. The second-order valence-corrected chi connectivity index (χ2v) is 7.74. The van der Waals surface area contributed by atoms with E-state index in [4.69, 9.17) is 5.14 Å². The molecule has 0 aliphatic rings. The fourth-order valence-electron chi connectivity index (χ4n) is 2.60.